The van der Waals surface area contributed by atoms with Crippen LogP contribution in [0.5, 0.6) is 0 Å². The van der Waals surface area contributed by atoms with E-state index in [1.54, 1.807) is 0 Å². The average Bonchev–Trinajstić information content (AvgIpc) is 2.95. The van der Waals surface area contributed by atoms with Crippen LogP contribution in [0.4, 0.5) is 5.69 Å². The summed E-state index contributed by atoms with van der Waals surface area (Å²) in [7, 11) is 0. The van der Waals surface area contributed by atoms with Gasteiger partial charge in [0, 0.05) is 22.3 Å². The van der Waals surface area contributed by atoms with E-state index in [2.05, 4.69) is 43.7 Å². The quantitative estimate of drug-likeness (QED) is 0.725. The molecule has 0 aliphatic carbocycles. The van der Waals surface area contributed by atoms with Crippen molar-refractivity contribution in [2.45, 2.75) is 13.0 Å². The number of benzene rings is 2. The van der Waals surface area contributed by atoms with Crippen molar-refractivity contribution in [1.29, 1.82) is 0 Å². The van der Waals surface area contributed by atoms with Gasteiger partial charge in [-0.3, -0.25) is 0 Å². The Morgan fingerprint density at radius 3 is 2.57 bits per heavy atom. The predicted octanol–water partition coefficient (Wildman–Crippen LogP) is 4.14. The largest absolute Gasteiger partial charge is 0.399 e. The summed E-state index contributed by atoms with van der Waals surface area (Å²) < 4.78 is 3.26. The van der Waals surface area contributed by atoms with E-state index in [0.717, 1.165) is 34.4 Å². The highest BCUT2D eigenvalue weighted by molar-refractivity contribution is 9.10. The summed E-state index contributed by atoms with van der Waals surface area (Å²) in [6, 6.07) is 16.2. The molecule has 0 saturated heterocycles. The van der Waals surface area contributed by atoms with E-state index in [1.807, 2.05) is 42.9 Å². The molecule has 2 aromatic carbocycles. The molecular formula is C17H16BrN3. The van der Waals surface area contributed by atoms with Gasteiger partial charge in [-0.25, -0.2) is 4.98 Å². The van der Waals surface area contributed by atoms with Gasteiger partial charge < -0.3 is 10.3 Å². The first-order chi connectivity index (χ1) is 10.2. The number of halogens is 1. The summed E-state index contributed by atoms with van der Waals surface area (Å²) in [4.78, 5) is 4.29. The third-order valence-electron chi connectivity index (χ3n) is 3.48. The number of nitrogens with two attached hydrogens (primary N) is 1. The lowest BCUT2D eigenvalue weighted by molar-refractivity contribution is 0.701. The average molecular weight is 342 g/mol. The van der Waals surface area contributed by atoms with Crippen LogP contribution in [-0.2, 0) is 13.0 Å². The topological polar surface area (TPSA) is 43.8 Å². The van der Waals surface area contributed by atoms with E-state index in [9.17, 15) is 0 Å². The summed E-state index contributed by atoms with van der Waals surface area (Å²) in [5.74, 6) is 0. The number of hydrogen-bond donors (Lipinski definition) is 1. The van der Waals surface area contributed by atoms with Gasteiger partial charge in [0.05, 0.1) is 18.2 Å². The molecule has 2 N–H and O–H groups in total. The molecule has 0 aliphatic rings. The van der Waals surface area contributed by atoms with E-state index >= 15 is 0 Å². The molecule has 4 heteroatoms. The molecule has 0 bridgehead atoms. The molecule has 21 heavy (non-hydrogen) atoms. The summed E-state index contributed by atoms with van der Waals surface area (Å²) >= 11 is 3.60. The highest BCUT2D eigenvalue weighted by atomic mass is 79.9. The lowest BCUT2D eigenvalue weighted by Crippen LogP contribution is -2.02. The van der Waals surface area contributed by atoms with Crippen LogP contribution in [0.1, 0.15) is 5.56 Å². The van der Waals surface area contributed by atoms with E-state index < -0.39 is 0 Å². The van der Waals surface area contributed by atoms with Gasteiger partial charge in [0.2, 0.25) is 0 Å². The number of aryl methyl sites for hydroxylation is 2. The summed E-state index contributed by atoms with van der Waals surface area (Å²) in [6.45, 7) is 0.889. The number of nitrogens with zero attached hydrogens (tertiary/aromatic N) is 2. The zero-order valence-electron chi connectivity index (χ0n) is 11.5. The Labute approximate surface area is 132 Å². The summed E-state index contributed by atoms with van der Waals surface area (Å²) in [5.41, 5.74) is 10.1. The molecule has 0 unspecified atom stereocenters. The van der Waals surface area contributed by atoms with Crippen molar-refractivity contribution in [2.24, 2.45) is 0 Å². The Morgan fingerprint density at radius 1 is 1.05 bits per heavy atom. The van der Waals surface area contributed by atoms with Crippen molar-refractivity contribution in [1.82, 2.24) is 9.55 Å². The molecule has 0 amide bonds. The Morgan fingerprint density at radius 2 is 1.81 bits per heavy atom. The van der Waals surface area contributed by atoms with Gasteiger partial charge in [0.25, 0.3) is 0 Å². The number of imidazole rings is 1. The van der Waals surface area contributed by atoms with Crippen molar-refractivity contribution >= 4 is 21.6 Å². The molecule has 1 aromatic heterocycles. The van der Waals surface area contributed by atoms with Crippen molar-refractivity contribution in [3.05, 3.63) is 71.1 Å². The van der Waals surface area contributed by atoms with Crippen LogP contribution in [0.15, 0.2) is 65.5 Å². The van der Waals surface area contributed by atoms with Gasteiger partial charge >= 0.3 is 0 Å². The number of hydrogen-bond acceptors (Lipinski definition) is 2. The third-order valence-corrected chi connectivity index (χ3v) is 4.17. The van der Waals surface area contributed by atoms with Gasteiger partial charge in [0.15, 0.2) is 0 Å². The molecule has 1 heterocycles. The maximum atomic E-state index is 5.71. The number of nitrogen functional groups attached to an aromatic ring is 1. The third kappa shape index (κ3) is 3.16. The molecule has 0 aliphatic heterocycles. The minimum atomic E-state index is 0.801. The van der Waals surface area contributed by atoms with Crippen LogP contribution in [0, 0.1) is 0 Å². The highest BCUT2D eigenvalue weighted by Gasteiger charge is 2.08. The number of aromatic nitrogens is 2. The first kappa shape index (κ1) is 13.9. The molecule has 0 spiro atoms. The number of rotatable bonds is 4. The van der Waals surface area contributed by atoms with E-state index in [4.69, 9.17) is 5.73 Å². The van der Waals surface area contributed by atoms with Gasteiger partial charge in [-0.15, -0.1) is 0 Å². The fourth-order valence-corrected chi connectivity index (χ4v) is 2.81. The molecule has 3 aromatic rings. The second-order valence-electron chi connectivity index (χ2n) is 4.94. The fraction of sp³-hybridized carbons (Fsp3) is 0.118. The Kier molecular flexibility index (Phi) is 4.06. The maximum Gasteiger partial charge on any atom is 0.0951 e. The normalized spacial score (nSPS) is 10.7. The van der Waals surface area contributed by atoms with Crippen molar-refractivity contribution in [2.75, 3.05) is 5.73 Å². The fourth-order valence-electron chi connectivity index (χ4n) is 2.33. The van der Waals surface area contributed by atoms with Crippen LogP contribution in [0.25, 0.3) is 11.3 Å². The van der Waals surface area contributed by atoms with E-state index in [0.29, 0.717) is 0 Å². The van der Waals surface area contributed by atoms with Crippen LogP contribution in [0.2, 0.25) is 0 Å². The van der Waals surface area contributed by atoms with Crippen molar-refractivity contribution in [3.8, 4) is 11.3 Å². The smallest absolute Gasteiger partial charge is 0.0951 e. The summed E-state index contributed by atoms with van der Waals surface area (Å²) in [6.07, 6.45) is 4.74. The van der Waals surface area contributed by atoms with E-state index in [-0.39, 0.29) is 0 Å². The first-order valence-corrected chi connectivity index (χ1v) is 7.63. The second kappa shape index (κ2) is 6.14. The molecule has 3 rings (SSSR count). The lowest BCUT2D eigenvalue weighted by Gasteiger charge is -2.10. The molecule has 106 valence electrons. The van der Waals surface area contributed by atoms with Crippen LogP contribution >= 0.6 is 15.9 Å². The molecular weight excluding hydrogens is 326 g/mol. The molecule has 3 nitrogen and oxygen atoms in total. The highest BCUT2D eigenvalue weighted by Crippen LogP contribution is 2.27. The van der Waals surface area contributed by atoms with Crippen LogP contribution in [0.3, 0.4) is 0 Å². The van der Waals surface area contributed by atoms with Gasteiger partial charge in [0.1, 0.15) is 0 Å². The van der Waals surface area contributed by atoms with Gasteiger partial charge in [-0.2, -0.15) is 0 Å². The minimum absolute atomic E-state index is 0.801. The van der Waals surface area contributed by atoms with E-state index in [1.165, 1.54) is 5.56 Å². The predicted molar refractivity (Wildman–Crippen MR) is 89.9 cm³/mol. The standard InChI is InChI=1S/C17H16BrN3/c18-16-4-2-1-3-15(16)17-11-20-12-21(17)10-9-13-5-7-14(19)8-6-13/h1-8,11-12H,9-10,19H2. The number of anilines is 1. The molecule has 0 saturated carbocycles. The zero-order valence-corrected chi connectivity index (χ0v) is 13.1. The van der Waals surface area contributed by atoms with Crippen molar-refractivity contribution < 1.29 is 0 Å². The Hall–Kier alpha value is -2.07. The Bertz CT molecular complexity index is 732. The van der Waals surface area contributed by atoms with Gasteiger partial charge in [-0.05, 0) is 30.2 Å². The lowest BCUT2D eigenvalue weighted by atomic mass is 10.1. The van der Waals surface area contributed by atoms with Crippen LogP contribution < -0.4 is 5.73 Å². The maximum absolute atomic E-state index is 5.71. The summed E-state index contributed by atoms with van der Waals surface area (Å²) in [5, 5.41) is 0. The Balaban J connectivity index is 1.80. The first-order valence-electron chi connectivity index (χ1n) is 6.83. The monoisotopic (exact) mass is 341 g/mol. The minimum Gasteiger partial charge on any atom is -0.399 e. The van der Waals surface area contributed by atoms with Crippen molar-refractivity contribution in [3.63, 3.8) is 0 Å². The molecule has 0 fully saturated rings. The SMILES string of the molecule is Nc1ccc(CCn2cncc2-c2ccccc2Br)cc1. The zero-order chi connectivity index (χ0) is 14.7. The van der Waals surface area contributed by atoms with Crippen LogP contribution in [-0.4, -0.2) is 9.55 Å². The molecule has 0 radical (unpaired) electrons. The second-order valence-corrected chi connectivity index (χ2v) is 5.80. The van der Waals surface area contributed by atoms with Gasteiger partial charge in [-0.1, -0.05) is 46.3 Å². The molecule has 0 atom stereocenters.